The normalized spacial score (nSPS) is 15.8. The molecular formula is C16H19FN4O2S. The van der Waals surface area contributed by atoms with Crippen LogP contribution in [0.5, 0.6) is 0 Å². The molecule has 0 atom stereocenters. The summed E-state index contributed by atoms with van der Waals surface area (Å²) in [6, 6.07) is 7.97. The first-order chi connectivity index (χ1) is 11.5. The lowest BCUT2D eigenvalue weighted by atomic mass is 10.2. The number of anilines is 2. The average Bonchev–Trinajstić information content (AvgIpc) is 2.85. The standard InChI is InChI=1S/C16H19FN4O2S/c17-13-5-7-14(8-6-13)24(22,23)20-15-9-10-16(19-18-15)21-11-3-1-2-4-12-21/h5-10H,1-4,11-12H2,(H,18,20). The second kappa shape index (κ2) is 7.12. The van der Waals surface area contributed by atoms with Gasteiger partial charge in [0.25, 0.3) is 10.0 Å². The molecule has 0 saturated carbocycles. The fourth-order valence-electron chi connectivity index (χ4n) is 2.66. The van der Waals surface area contributed by atoms with Crippen molar-refractivity contribution in [3.05, 3.63) is 42.2 Å². The number of aromatic nitrogens is 2. The lowest BCUT2D eigenvalue weighted by Crippen LogP contribution is -2.25. The Morgan fingerprint density at radius 2 is 1.58 bits per heavy atom. The van der Waals surface area contributed by atoms with Crippen LogP contribution in [0.25, 0.3) is 0 Å². The quantitative estimate of drug-likeness (QED) is 0.918. The van der Waals surface area contributed by atoms with E-state index in [9.17, 15) is 12.8 Å². The molecule has 24 heavy (non-hydrogen) atoms. The maximum Gasteiger partial charge on any atom is 0.263 e. The van der Waals surface area contributed by atoms with Gasteiger partial charge in [-0.05, 0) is 49.2 Å². The van der Waals surface area contributed by atoms with Gasteiger partial charge in [0, 0.05) is 13.1 Å². The first-order valence-electron chi connectivity index (χ1n) is 7.92. The number of sulfonamides is 1. The third kappa shape index (κ3) is 4.00. The summed E-state index contributed by atoms with van der Waals surface area (Å²) in [4.78, 5) is 2.14. The molecule has 1 aliphatic rings. The number of hydrogen-bond donors (Lipinski definition) is 1. The first kappa shape index (κ1) is 16.6. The molecule has 0 amide bonds. The van der Waals surface area contributed by atoms with Crippen LogP contribution in [0.1, 0.15) is 25.7 Å². The number of nitrogens with one attached hydrogen (secondary N) is 1. The molecular weight excluding hydrogens is 331 g/mol. The minimum absolute atomic E-state index is 0.0257. The van der Waals surface area contributed by atoms with Crippen molar-refractivity contribution in [3.8, 4) is 0 Å². The third-order valence-corrected chi connectivity index (χ3v) is 5.31. The molecule has 0 aliphatic carbocycles. The minimum atomic E-state index is -3.81. The van der Waals surface area contributed by atoms with Crippen molar-refractivity contribution in [2.75, 3.05) is 22.7 Å². The van der Waals surface area contributed by atoms with Crippen LogP contribution >= 0.6 is 0 Å². The van der Waals surface area contributed by atoms with E-state index in [0.29, 0.717) is 0 Å². The molecule has 1 aliphatic heterocycles. The average molecular weight is 350 g/mol. The van der Waals surface area contributed by atoms with Gasteiger partial charge in [-0.2, -0.15) is 0 Å². The van der Waals surface area contributed by atoms with Gasteiger partial charge in [0.15, 0.2) is 11.6 Å². The van der Waals surface area contributed by atoms with Gasteiger partial charge in [-0.1, -0.05) is 12.8 Å². The van der Waals surface area contributed by atoms with Crippen molar-refractivity contribution in [3.63, 3.8) is 0 Å². The molecule has 0 unspecified atom stereocenters. The lowest BCUT2D eigenvalue weighted by molar-refractivity contribution is 0.599. The van der Waals surface area contributed by atoms with E-state index in [1.165, 1.54) is 25.0 Å². The molecule has 0 radical (unpaired) electrons. The molecule has 1 N–H and O–H groups in total. The Kier molecular flexibility index (Phi) is 4.94. The summed E-state index contributed by atoms with van der Waals surface area (Å²) in [6.07, 6.45) is 4.69. The van der Waals surface area contributed by atoms with Crippen LogP contribution in [-0.2, 0) is 10.0 Å². The Morgan fingerprint density at radius 3 is 2.17 bits per heavy atom. The van der Waals surface area contributed by atoms with Crippen LogP contribution < -0.4 is 9.62 Å². The van der Waals surface area contributed by atoms with Crippen LogP contribution in [0, 0.1) is 5.82 Å². The number of halogens is 1. The zero-order chi connectivity index (χ0) is 17.0. The molecule has 0 spiro atoms. The van der Waals surface area contributed by atoms with E-state index in [1.807, 2.05) is 0 Å². The Morgan fingerprint density at radius 1 is 0.917 bits per heavy atom. The SMILES string of the molecule is O=S(=O)(Nc1ccc(N2CCCCCC2)nn1)c1ccc(F)cc1. The number of benzene rings is 1. The van der Waals surface area contributed by atoms with E-state index in [1.54, 1.807) is 12.1 Å². The first-order valence-corrected chi connectivity index (χ1v) is 9.40. The summed E-state index contributed by atoms with van der Waals surface area (Å²) in [7, 11) is -3.81. The van der Waals surface area contributed by atoms with Crippen molar-refractivity contribution < 1.29 is 12.8 Å². The van der Waals surface area contributed by atoms with Crippen LogP contribution in [-0.4, -0.2) is 31.7 Å². The minimum Gasteiger partial charge on any atom is -0.355 e. The highest BCUT2D eigenvalue weighted by Crippen LogP contribution is 2.19. The molecule has 6 nitrogen and oxygen atoms in total. The van der Waals surface area contributed by atoms with Gasteiger partial charge in [-0.15, -0.1) is 10.2 Å². The molecule has 1 aromatic carbocycles. The lowest BCUT2D eigenvalue weighted by Gasteiger charge is -2.20. The van der Waals surface area contributed by atoms with Crippen LogP contribution in [0.2, 0.25) is 0 Å². The van der Waals surface area contributed by atoms with Crippen LogP contribution in [0.3, 0.4) is 0 Å². The molecule has 1 saturated heterocycles. The van der Waals surface area contributed by atoms with E-state index >= 15 is 0 Å². The topological polar surface area (TPSA) is 75.2 Å². The zero-order valence-corrected chi connectivity index (χ0v) is 14.0. The van der Waals surface area contributed by atoms with Crippen molar-refractivity contribution in [2.24, 2.45) is 0 Å². The number of nitrogens with zero attached hydrogens (tertiary/aromatic N) is 3. The van der Waals surface area contributed by atoms with Crippen molar-refractivity contribution in [1.29, 1.82) is 0 Å². The molecule has 1 fully saturated rings. The van der Waals surface area contributed by atoms with Gasteiger partial charge in [0.1, 0.15) is 5.82 Å². The largest absolute Gasteiger partial charge is 0.355 e. The van der Waals surface area contributed by atoms with Crippen molar-refractivity contribution >= 4 is 21.7 Å². The van der Waals surface area contributed by atoms with Gasteiger partial charge in [0.05, 0.1) is 4.90 Å². The second-order valence-corrected chi connectivity index (χ2v) is 7.42. The van der Waals surface area contributed by atoms with Crippen LogP contribution in [0.4, 0.5) is 16.0 Å². The fourth-order valence-corrected chi connectivity index (χ4v) is 3.65. The zero-order valence-electron chi connectivity index (χ0n) is 13.2. The molecule has 8 heteroatoms. The highest BCUT2D eigenvalue weighted by Gasteiger charge is 2.16. The van der Waals surface area contributed by atoms with E-state index in [-0.39, 0.29) is 10.7 Å². The predicted molar refractivity (Wildman–Crippen MR) is 89.9 cm³/mol. The van der Waals surface area contributed by atoms with Gasteiger partial charge in [-0.3, -0.25) is 4.72 Å². The monoisotopic (exact) mass is 350 g/mol. The van der Waals surface area contributed by atoms with E-state index in [4.69, 9.17) is 0 Å². The number of rotatable bonds is 4. The summed E-state index contributed by atoms with van der Waals surface area (Å²) in [5.74, 6) is 0.398. The van der Waals surface area contributed by atoms with Crippen molar-refractivity contribution in [2.45, 2.75) is 30.6 Å². The number of hydrogen-bond acceptors (Lipinski definition) is 5. The van der Waals surface area contributed by atoms with E-state index < -0.39 is 15.8 Å². The van der Waals surface area contributed by atoms with Crippen molar-refractivity contribution in [1.82, 2.24) is 10.2 Å². The Bertz CT molecular complexity index is 771. The Labute approximate surface area is 140 Å². The highest BCUT2D eigenvalue weighted by atomic mass is 32.2. The Balaban J connectivity index is 1.72. The molecule has 2 heterocycles. The summed E-state index contributed by atoms with van der Waals surface area (Å²) >= 11 is 0. The second-order valence-electron chi connectivity index (χ2n) is 5.74. The molecule has 2 aromatic rings. The third-order valence-electron chi connectivity index (χ3n) is 3.94. The van der Waals surface area contributed by atoms with Gasteiger partial charge < -0.3 is 4.90 Å². The van der Waals surface area contributed by atoms with Gasteiger partial charge in [0.2, 0.25) is 0 Å². The Hall–Kier alpha value is -2.22. The predicted octanol–water partition coefficient (Wildman–Crippen LogP) is 2.80. The molecule has 1 aromatic heterocycles. The molecule has 3 rings (SSSR count). The maximum absolute atomic E-state index is 12.9. The smallest absolute Gasteiger partial charge is 0.263 e. The van der Waals surface area contributed by atoms with Gasteiger partial charge >= 0.3 is 0 Å². The maximum atomic E-state index is 12.9. The van der Waals surface area contributed by atoms with Crippen LogP contribution in [0.15, 0.2) is 41.3 Å². The molecule has 128 valence electrons. The molecule has 0 bridgehead atoms. The van der Waals surface area contributed by atoms with E-state index in [2.05, 4.69) is 19.8 Å². The van der Waals surface area contributed by atoms with Gasteiger partial charge in [-0.25, -0.2) is 12.8 Å². The fraction of sp³-hybridized carbons (Fsp3) is 0.375. The highest BCUT2D eigenvalue weighted by molar-refractivity contribution is 7.92. The summed E-state index contributed by atoms with van der Waals surface area (Å²) in [5.41, 5.74) is 0. The summed E-state index contributed by atoms with van der Waals surface area (Å²) in [5, 5.41) is 8.08. The summed E-state index contributed by atoms with van der Waals surface area (Å²) in [6.45, 7) is 1.88. The summed E-state index contributed by atoms with van der Waals surface area (Å²) < 4.78 is 39.7. The van der Waals surface area contributed by atoms with E-state index in [0.717, 1.165) is 43.9 Å².